The Morgan fingerprint density at radius 3 is 2.61 bits per heavy atom. The Kier molecular flexibility index (Phi) is 3.22. The zero-order valence-electron chi connectivity index (χ0n) is 11.3. The van der Waals surface area contributed by atoms with Gasteiger partial charge in [-0.05, 0) is 39.8 Å². The van der Waals surface area contributed by atoms with Gasteiger partial charge in [-0.1, -0.05) is 0 Å². The summed E-state index contributed by atoms with van der Waals surface area (Å²) < 4.78 is 0. The van der Waals surface area contributed by atoms with Gasteiger partial charge >= 0.3 is 0 Å². The Morgan fingerprint density at radius 1 is 1.28 bits per heavy atom. The van der Waals surface area contributed by atoms with Gasteiger partial charge in [0.25, 0.3) is 0 Å². The average molecular weight is 245 g/mol. The lowest BCUT2D eigenvalue weighted by molar-refractivity contribution is 0.277. The molecule has 2 heterocycles. The summed E-state index contributed by atoms with van der Waals surface area (Å²) in [7, 11) is 0. The van der Waals surface area contributed by atoms with E-state index in [4.69, 9.17) is 0 Å². The van der Waals surface area contributed by atoms with Gasteiger partial charge in [0.05, 0.1) is 12.3 Å². The Labute approximate surface area is 107 Å². The minimum atomic E-state index is -0.0782. The number of aliphatic hydroxyl groups excluding tert-OH is 1. The van der Waals surface area contributed by atoms with Crippen LogP contribution >= 0.6 is 0 Å². The molecule has 0 amide bonds. The topological polar surface area (TPSA) is 58.0 Å². The van der Waals surface area contributed by atoms with Crippen LogP contribution < -0.4 is 5.32 Å². The zero-order chi connectivity index (χ0) is 13.3. The summed E-state index contributed by atoms with van der Waals surface area (Å²) >= 11 is 0. The van der Waals surface area contributed by atoms with Crippen LogP contribution in [0.5, 0.6) is 0 Å². The molecule has 0 saturated carbocycles. The van der Waals surface area contributed by atoms with E-state index in [0.717, 1.165) is 22.3 Å². The minimum Gasteiger partial charge on any atom is -0.390 e. The first-order valence-corrected chi connectivity index (χ1v) is 6.04. The molecule has 0 radical (unpaired) electrons. The molecule has 2 aromatic heterocycles. The highest BCUT2D eigenvalue weighted by molar-refractivity contribution is 5.92. The zero-order valence-corrected chi connectivity index (χ0v) is 11.3. The predicted octanol–water partition coefficient (Wildman–Crippen LogP) is 2.64. The lowest BCUT2D eigenvalue weighted by atomic mass is 10.1. The molecule has 2 rings (SSSR count). The van der Waals surface area contributed by atoms with Crippen LogP contribution in [0.3, 0.4) is 0 Å². The molecule has 18 heavy (non-hydrogen) atoms. The van der Waals surface area contributed by atoms with Crippen LogP contribution in [0.4, 0.5) is 5.82 Å². The third kappa shape index (κ3) is 2.76. The van der Waals surface area contributed by atoms with E-state index in [1.54, 1.807) is 0 Å². The van der Waals surface area contributed by atoms with Crippen molar-refractivity contribution in [3.63, 3.8) is 0 Å². The van der Waals surface area contributed by atoms with Gasteiger partial charge in [0.15, 0.2) is 0 Å². The van der Waals surface area contributed by atoms with Crippen molar-refractivity contribution in [2.75, 3.05) is 5.32 Å². The standard InChI is InChI=1S/C14H19N3O/c1-9-5-12-10(7-15-9)6-11(8-18)16-13(12)17-14(2,3)4/h5-7,18H,8H2,1-4H3,(H,16,17). The maximum absolute atomic E-state index is 9.26. The molecule has 0 aliphatic carbocycles. The van der Waals surface area contributed by atoms with Crippen LogP contribution in [-0.4, -0.2) is 20.6 Å². The van der Waals surface area contributed by atoms with E-state index < -0.39 is 0 Å². The van der Waals surface area contributed by atoms with Gasteiger partial charge < -0.3 is 10.4 Å². The van der Waals surface area contributed by atoms with E-state index in [-0.39, 0.29) is 12.1 Å². The fourth-order valence-corrected chi connectivity index (χ4v) is 1.84. The second-order valence-corrected chi connectivity index (χ2v) is 5.54. The van der Waals surface area contributed by atoms with Crippen molar-refractivity contribution in [1.29, 1.82) is 0 Å². The highest BCUT2D eigenvalue weighted by atomic mass is 16.3. The smallest absolute Gasteiger partial charge is 0.134 e. The maximum Gasteiger partial charge on any atom is 0.134 e. The lowest BCUT2D eigenvalue weighted by Crippen LogP contribution is -2.27. The van der Waals surface area contributed by atoms with E-state index in [1.165, 1.54) is 0 Å². The molecule has 2 N–H and O–H groups in total. The first-order chi connectivity index (χ1) is 8.39. The molecule has 0 aliphatic heterocycles. The summed E-state index contributed by atoms with van der Waals surface area (Å²) in [5.74, 6) is 0.801. The quantitative estimate of drug-likeness (QED) is 0.854. The van der Waals surface area contributed by atoms with E-state index in [0.29, 0.717) is 5.69 Å². The van der Waals surface area contributed by atoms with E-state index in [9.17, 15) is 5.11 Å². The Balaban J connectivity index is 2.63. The number of fused-ring (bicyclic) bond motifs is 1. The summed E-state index contributed by atoms with van der Waals surface area (Å²) in [6.07, 6.45) is 1.82. The second kappa shape index (κ2) is 4.53. The fourth-order valence-electron chi connectivity index (χ4n) is 1.84. The summed E-state index contributed by atoms with van der Waals surface area (Å²) in [5, 5.41) is 14.7. The molecule has 0 bridgehead atoms. The Hall–Kier alpha value is -1.68. The number of pyridine rings is 2. The highest BCUT2D eigenvalue weighted by Gasteiger charge is 2.14. The Bertz CT molecular complexity index is 573. The Morgan fingerprint density at radius 2 is 2.00 bits per heavy atom. The van der Waals surface area contributed by atoms with Crippen molar-refractivity contribution >= 4 is 16.6 Å². The number of hydrogen-bond acceptors (Lipinski definition) is 4. The largest absolute Gasteiger partial charge is 0.390 e. The van der Waals surface area contributed by atoms with Crippen LogP contribution in [0, 0.1) is 6.92 Å². The van der Waals surface area contributed by atoms with Gasteiger partial charge in [-0.25, -0.2) is 4.98 Å². The van der Waals surface area contributed by atoms with E-state index in [1.807, 2.05) is 25.3 Å². The minimum absolute atomic E-state index is 0.0668. The predicted molar refractivity (Wildman–Crippen MR) is 73.6 cm³/mol. The number of aromatic nitrogens is 2. The van der Waals surface area contributed by atoms with Crippen molar-refractivity contribution < 1.29 is 5.11 Å². The van der Waals surface area contributed by atoms with Crippen molar-refractivity contribution in [2.24, 2.45) is 0 Å². The number of aliphatic hydroxyl groups is 1. The van der Waals surface area contributed by atoms with Crippen molar-refractivity contribution in [3.8, 4) is 0 Å². The molecular formula is C14H19N3O. The molecule has 0 aromatic carbocycles. The summed E-state index contributed by atoms with van der Waals surface area (Å²) in [6, 6.07) is 3.88. The van der Waals surface area contributed by atoms with Crippen LogP contribution in [0.25, 0.3) is 10.8 Å². The van der Waals surface area contributed by atoms with E-state index in [2.05, 4.69) is 36.1 Å². The average Bonchev–Trinajstić information content (AvgIpc) is 2.27. The molecule has 96 valence electrons. The summed E-state index contributed by atoms with van der Waals surface area (Å²) in [5.41, 5.74) is 1.53. The fraction of sp³-hybridized carbons (Fsp3) is 0.429. The van der Waals surface area contributed by atoms with Crippen LogP contribution in [0.2, 0.25) is 0 Å². The van der Waals surface area contributed by atoms with E-state index >= 15 is 0 Å². The van der Waals surface area contributed by atoms with Gasteiger partial charge in [0.2, 0.25) is 0 Å². The number of aryl methyl sites for hydroxylation is 1. The number of nitrogens with one attached hydrogen (secondary N) is 1. The number of hydrogen-bond donors (Lipinski definition) is 2. The lowest BCUT2D eigenvalue weighted by Gasteiger charge is -2.23. The van der Waals surface area contributed by atoms with Crippen molar-refractivity contribution in [2.45, 2.75) is 39.8 Å². The molecule has 0 unspecified atom stereocenters. The molecule has 0 aliphatic rings. The summed E-state index contributed by atoms with van der Waals surface area (Å²) in [6.45, 7) is 8.14. The molecule has 4 heteroatoms. The molecule has 0 atom stereocenters. The van der Waals surface area contributed by atoms with Crippen molar-refractivity contribution in [3.05, 3.63) is 29.7 Å². The van der Waals surface area contributed by atoms with Gasteiger partial charge in [-0.3, -0.25) is 4.98 Å². The van der Waals surface area contributed by atoms with Crippen molar-refractivity contribution in [1.82, 2.24) is 9.97 Å². The molecule has 0 fully saturated rings. The van der Waals surface area contributed by atoms with Crippen LogP contribution in [-0.2, 0) is 6.61 Å². The summed E-state index contributed by atoms with van der Waals surface area (Å²) in [4.78, 5) is 8.74. The SMILES string of the molecule is Cc1cc2c(NC(C)(C)C)nc(CO)cc2cn1. The molecule has 0 spiro atoms. The second-order valence-electron chi connectivity index (χ2n) is 5.54. The van der Waals surface area contributed by atoms with Gasteiger partial charge in [0.1, 0.15) is 5.82 Å². The molecular weight excluding hydrogens is 226 g/mol. The number of nitrogens with zero attached hydrogens (tertiary/aromatic N) is 2. The maximum atomic E-state index is 9.26. The first kappa shape index (κ1) is 12.8. The monoisotopic (exact) mass is 245 g/mol. The highest BCUT2D eigenvalue weighted by Crippen LogP contribution is 2.25. The number of rotatable bonds is 2. The van der Waals surface area contributed by atoms with Gasteiger partial charge in [-0.15, -0.1) is 0 Å². The van der Waals surface area contributed by atoms with Gasteiger partial charge in [-0.2, -0.15) is 0 Å². The molecule has 4 nitrogen and oxygen atoms in total. The third-order valence-corrected chi connectivity index (χ3v) is 2.56. The van der Waals surface area contributed by atoms with Gasteiger partial charge in [0, 0.05) is 28.2 Å². The molecule has 2 aromatic rings. The normalized spacial score (nSPS) is 11.8. The number of anilines is 1. The first-order valence-electron chi connectivity index (χ1n) is 6.04. The van der Waals surface area contributed by atoms with Crippen LogP contribution in [0.1, 0.15) is 32.2 Å². The van der Waals surface area contributed by atoms with Crippen LogP contribution in [0.15, 0.2) is 18.3 Å². The third-order valence-electron chi connectivity index (χ3n) is 2.56. The molecule has 0 saturated heterocycles.